The fourth-order valence-corrected chi connectivity index (χ4v) is 4.08. The minimum atomic E-state index is -0.382. The quantitative estimate of drug-likeness (QED) is 0.897. The number of carbonyl (C=O) groups is 2. The third-order valence-corrected chi connectivity index (χ3v) is 5.71. The van der Waals surface area contributed by atoms with E-state index in [1.54, 1.807) is 6.20 Å². The zero-order valence-electron chi connectivity index (χ0n) is 13.7. The van der Waals surface area contributed by atoms with Crippen molar-refractivity contribution in [2.45, 2.75) is 42.0 Å². The van der Waals surface area contributed by atoms with Crippen molar-refractivity contribution in [3.8, 4) is 0 Å². The van der Waals surface area contributed by atoms with E-state index in [9.17, 15) is 9.59 Å². The molecule has 128 valence electrons. The van der Waals surface area contributed by atoms with Crippen molar-refractivity contribution in [2.24, 2.45) is 0 Å². The van der Waals surface area contributed by atoms with Crippen LogP contribution in [0.5, 0.6) is 0 Å². The van der Waals surface area contributed by atoms with Crippen LogP contribution in [0.3, 0.4) is 0 Å². The van der Waals surface area contributed by atoms with Crippen LogP contribution >= 0.6 is 11.8 Å². The molecule has 5 nitrogen and oxygen atoms in total. The van der Waals surface area contributed by atoms with Gasteiger partial charge in [0.15, 0.2) is 0 Å². The molecule has 0 spiro atoms. The standard InChI is InChI=1S/C19H19N3O2S/c23-18(22(14-8-9-14)12-13-5-3-4-10-20-13)11-17-19(24)21-15-6-1-2-7-16(15)25-17/h1-7,10,14,17H,8-9,11-12H2,(H,21,24)/t17-/m1/s1. The van der Waals surface area contributed by atoms with E-state index in [2.05, 4.69) is 10.3 Å². The van der Waals surface area contributed by atoms with Gasteiger partial charge in [0.1, 0.15) is 0 Å². The lowest BCUT2D eigenvalue weighted by Gasteiger charge is -2.27. The Hall–Kier alpha value is -2.34. The Kier molecular flexibility index (Phi) is 4.44. The Morgan fingerprint density at radius 2 is 2.00 bits per heavy atom. The maximum absolute atomic E-state index is 12.9. The van der Waals surface area contributed by atoms with E-state index < -0.39 is 0 Å². The molecule has 1 atom stereocenters. The number of fused-ring (bicyclic) bond motifs is 1. The van der Waals surface area contributed by atoms with Crippen LogP contribution in [0, 0.1) is 0 Å². The summed E-state index contributed by atoms with van der Waals surface area (Å²) in [4.78, 5) is 32.4. The Balaban J connectivity index is 1.46. The van der Waals surface area contributed by atoms with E-state index in [4.69, 9.17) is 0 Å². The highest BCUT2D eigenvalue weighted by atomic mass is 32.2. The Labute approximate surface area is 150 Å². The third kappa shape index (κ3) is 3.69. The minimum Gasteiger partial charge on any atom is -0.334 e. The maximum Gasteiger partial charge on any atom is 0.238 e. The van der Waals surface area contributed by atoms with Crippen molar-refractivity contribution in [1.82, 2.24) is 9.88 Å². The van der Waals surface area contributed by atoms with Gasteiger partial charge in [-0.25, -0.2) is 0 Å². The van der Waals surface area contributed by atoms with Gasteiger partial charge < -0.3 is 10.2 Å². The van der Waals surface area contributed by atoms with Crippen LogP contribution in [0.4, 0.5) is 5.69 Å². The van der Waals surface area contributed by atoms with Crippen LogP contribution in [0.15, 0.2) is 53.6 Å². The molecular weight excluding hydrogens is 334 g/mol. The summed E-state index contributed by atoms with van der Waals surface area (Å²) in [6.45, 7) is 0.514. The average molecular weight is 353 g/mol. The van der Waals surface area contributed by atoms with Gasteiger partial charge in [0.25, 0.3) is 0 Å². The maximum atomic E-state index is 12.9. The highest BCUT2D eigenvalue weighted by molar-refractivity contribution is 8.01. The van der Waals surface area contributed by atoms with Gasteiger partial charge in [0.05, 0.1) is 23.2 Å². The van der Waals surface area contributed by atoms with Gasteiger partial charge in [0, 0.05) is 23.6 Å². The second-order valence-corrected chi connectivity index (χ2v) is 7.61. The summed E-state index contributed by atoms with van der Waals surface area (Å²) in [7, 11) is 0. The third-order valence-electron chi connectivity index (χ3n) is 4.43. The molecule has 2 heterocycles. The molecule has 2 aliphatic rings. The number of anilines is 1. The Bertz CT molecular complexity index is 792. The van der Waals surface area contributed by atoms with Crippen molar-refractivity contribution in [3.05, 3.63) is 54.4 Å². The zero-order valence-corrected chi connectivity index (χ0v) is 14.5. The van der Waals surface area contributed by atoms with Crippen molar-refractivity contribution in [2.75, 3.05) is 5.32 Å². The smallest absolute Gasteiger partial charge is 0.238 e. The lowest BCUT2D eigenvalue weighted by molar-refractivity contribution is -0.133. The zero-order chi connectivity index (χ0) is 17.2. The van der Waals surface area contributed by atoms with Crippen molar-refractivity contribution >= 4 is 29.3 Å². The van der Waals surface area contributed by atoms with Gasteiger partial charge in [0.2, 0.25) is 11.8 Å². The second kappa shape index (κ2) is 6.88. The monoisotopic (exact) mass is 353 g/mol. The Morgan fingerprint density at radius 1 is 1.20 bits per heavy atom. The number of rotatable bonds is 5. The normalized spacial score (nSPS) is 19.0. The SMILES string of the molecule is O=C1Nc2ccccc2S[C@@H]1CC(=O)N(Cc1ccccn1)C1CC1. The summed E-state index contributed by atoms with van der Waals surface area (Å²) in [5.41, 5.74) is 1.71. The molecule has 4 rings (SSSR count). The highest BCUT2D eigenvalue weighted by Gasteiger charge is 2.36. The molecule has 0 saturated heterocycles. The number of nitrogens with one attached hydrogen (secondary N) is 1. The van der Waals surface area contributed by atoms with Gasteiger partial charge in [-0.3, -0.25) is 14.6 Å². The average Bonchev–Trinajstić information content (AvgIpc) is 3.46. The molecule has 2 amide bonds. The van der Waals surface area contributed by atoms with Gasteiger partial charge in [-0.15, -0.1) is 11.8 Å². The van der Waals surface area contributed by atoms with Crippen LogP contribution in [0.25, 0.3) is 0 Å². The minimum absolute atomic E-state index is 0.0279. The van der Waals surface area contributed by atoms with Crippen LogP contribution in [-0.4, -0.2) is 33.0 Å². The van der Waals surface area contributed by atoms with Crippen molar-refractivity contribution in [1.29, 1.82) is 0 Å². The second-order valence-electron chi connectivity index (χ2n) is 6.37. The molecule has 1 aliphatic carbocycles. The molecule has 6 heteroatoms. The predicted octanol–water partition coefficient (Wildman–Crippen LogP) is 3.08. The molecule has 25 heavy (non-hydrogen) atoms. The first-order valence-electron chi connectivity index (χ1n) is 8.46. The van der Waals surface area contributed by atoms with Gasteiger partial charge in [-0.05, 0) is 37.1 Å². The van der Waals surface area contributed by atoms with Crippen LogP contribution in [-0.2, 0) is 16.1 Å². The summed E-state index contributed by atoms with van der Waals surface area (Å²) in [5.74, 6) is -0.0641. The number of para-hydroxylation sites is 1. The Morgan fingerprint density at radius 3 is 2.76 bits per heavy atom. The lowest BCUT2D eigenvalue weighted by Crippen LogP contribution is -2.38. The van der Waals surface area contributed by atoms with Crippen LogP contribution in [0.1, 0.15) is 25.0 Å². The molecular formula is C19H19N3O2S. The van der Waals surface area contributed by atoms with Gasteiger partial charge in [-0.2, -0.15) is 0 Å². The fourth-order valence-electron chi connectivity index (χ4n) is 2.98. The van der Waals surface area contributed by atoms with Crippen LogP contribution < -0.4 is 5.32 Å². The fraction of sp³-hybridized carbons (Fsp3) is 0.316. The first-order valence-corrected chi connectivity index (χ1v) is 9.34. The molecule has 1 aromatic heterocycles. The first-order chi connectivity index (χ1) is 12.2. The molecule has 1 saturated carbocycles. The van der Waals surface area contributed by atoms with E-state index in [0.29, 0.717) is 12.6 Å². The number of thioether (sulfide) groups is 1. The van der Waals surface area contributed by atoms with Gasteiger partial charge >= 0.3 is 0 Å². The molecule has 1 aromatic carbocycles. The number of nitrogens with zero attached hydrogens (tertiary/aromatic N) is 2. The summed E-state index contributed by atoms with van der Waals surface area (Å²) < 4.78 is 0. The number of carbonyl (C=O) groups excluding carboxylic acids is 2. The first kappa shape index (κ1) is 16.1. The highest BCUT2D eigenvalue weighted by Crippen LogP contribution is 2.37. The molecule has 1 fully saturated rings. The molecule has 1 aliphatic heterocycles. The summed E-state index contributed by atoms with van der Waals surface area (Å²) >= 11 is 1.47. The molecule has 1 N–H and O–H groups in total. The topological polar surface area (TPSA) is 62.3 Å². The predicted molar refractivity (Wildman–Crippen MR) is 97.1 cm³/mol. The van der Waals surface area contributed by atoms with E-state index in [1.807, 2.05) is 47.4 Å². The molecule has 0 unspecified atom stereocenters. The number of pyridine rings is 1. The molecule has 0 radical (unpaired) electrons. The largest absolute Gasteiger partial charge is 0.334 e. The molecule has 0 bridgehead atoms. The summed E-state index contributed by atoms with van der Waals surface area (Å²) in [6.07, 6.45) is 4.03. The van der Waals surface area contributed by atoms with E-state index in [1.165, 1.54) is 11.8 Å². The van der Waals surface area contributed by atoms with Crippen molar-refractivity contribution < 1.29 is 9.59 Å². The van der Waals surface area contributed by atoms with E-state index >= 15 is 0 Å². The van der Waals surface area contributed by atoms with Gasteiger partial charge in [-0.1, -0.05) is 18.2 Å². The van der Waals surface area contributed by atoms with E-state index in [0.717, 1.165) is 29.1 Å². The summed E-state index contributed by atoms with van der Waals surface area (Å²) in [5, 5.41) is 2.52. The lowest BCUT2D eigenvalue weighted by atomic mass is 10.2. The number of amides is 2. The number of aromatic nitrogens is 1. The number of benzene rings is 1. The summed E-state index contributed by atoms with van der Waals surface area (Å²) in [6, 6.07) is 13.7. The number of hydrogen-bond donors (Lipinski definition) is 1. The van der Waals surface area contributed by atoms with Crippen molar-refractivity contribution in [3.63, 3.8) is 0 Å². The molecule has 2 aromatic rings. The van der Waals surface area contributed by atoms with E-state index in [-0.39, 0.29) is 23.5 Å². The number of hydrogen-bond acceptors (Lipinski definition) is 4. The van der Waals surface area contributed by atoms with Crippen LogP contribution in [0.2, 0.25) is 0 Å².